The number of benzene rings is 2. The van der Waals surface area contributed by atoms with Gasteiger partial charge in [-0.25, -0.2) is 4.39 Å². The molecule has 2 aromatic rings. The monoisotopic (exact) mass is 484 g/mol. The van der Waals surface area contributed by atoms with Gasteiger partial charge in [0.1, 0.15) is 5.82 Å². The van der Waals surface area contributed by atoms with E-state index < -0.39 is 17.6 Å². The van der Waals surface area contributed by atoms with Gasteiger partial charge in [0, 0.05) is 12.1 Å². The fourth-order valence-corrected chi connectivity index (χ4v) is 3.74. The molecule has 0 aromatic heterocycles. The van der Waals surface area contributed by atoms with Gasteiger partial charge >= 0.3 is 0 Å². The summed E-state index contributed by atoms with van der Waals surface area (Å²) >= 11 is 1.12. The highest BCUT2D eigenvalue weighted by Gasteiger charge is 2.22. The van der Waals surface area contributed by atoms with Crippen LogP contribution in [-0.2, 0) is 20.8 Å². The van der Waals surface area contributed by atoms with Crippen LogP contribution < -0.4 is 20.5 Å². The van der Waals surface area contributed by atoms with Crippen molar-refractivity contribution in [2.45, 2.75) is 26.2 Å². The average Bonchev–Trinajstić information content (AvgIpc) is 3.13. The highest BCUT2D eigenvalue weighted by molar-refractivity contribution is 8.18. The zero-order chi connectivity index (χ0) is 24.5. The largest absolute Gasteiger partial charge is 0.490 e. The van der Waals surface area contributed by atoms with Crippen LogP contribution in [0.1, 0.15) is 30.9 Å². The molecule has 1 heterocycles. The first-order chi connectivity index (χ1) is 16.4. The molecule has 10 heteroatoms. The van der Waals surface area contributed by atoms with Gasteiger partial charge in [-0.05, 0) is 59.7 Å². The van der Waals surface area contributed by atoms with Gasteiger partial charge in [0.05, 0.1) is 24.5 Å². The van der Waals surface area contributed by atoms with Crippen molar-refractivity contribution >= 4 is 46.8 Å². The van der Waals surface area contributed by atoms with Gasteiger partial charge in [-0.3, -0.25) is 14.4 Å². The third kappa shape index (κ3) is 6.92. The molecule has 3 rings (SSSR count). The lowest BCUT2D eigenvalue weighted by Gasteiger charge is -2.13. The molecule has 2 amide bonds. The maximum atomic E-state index is 14.0. The van der Waals surface area contributed by atoms with Crippen molar-refractivity contribution in [2.75, 3.05) is 18.5 Å². The van der Waals surface area contributed by atoms with Crippen molar-refractivity contribution in [1.82, 2.24) is 0 Å². The first-order valence-corrected chi connectivity index (χ1v) is 11.3. The van der Waals surface area contributed by atoms with E-state index in [1.54, 1.807) is 36.6 Å². The number of carbonyl (C=O) groups is 2. The molecule has 34 heavy (non-hydrogen) atoms. The Morgan fingerprint density at radius 1 is 1.21 bits per heavy atom. The maximum Gasteiger partial charge on any atom is 0.286 e. The number of ether oxygens (including phenoxy) is 2. The molecule has 1 aliphatic heterocycles. The Morgan fingerprint density at radius 2 is 2.00 bits per heavy atom. The minimum atomic E-state index is -0.545. The van der Waals surface area contributed by atoms with Crippen molar-refractivity contribution in [2.24, 2.45) is 10.7 Å². The van der Waals surface area contributed by atoms with Gasteiger partial charge in [-0.15, -0.1) is 0 Å². The highest BCUT2D eigenvalue weighted by atomic mass is 32.2. The number of anilines is 1. The number of thioether (sulfide) groups is 1. The second-order valence-electron chi connectivity index (χ2n) is 7.20. The topological polar surface area (TPSA) is 120 Å². The second kappa shape index (κ2) is 12.0. The predicted molar refractivity (Wildman–Crippen MR) is 129 cm³/mol. The number of rotatable bonds is 11. The highest BCUT2D eigenvalue weighted by Crippen LogP contribution is 2.33. The number of nitrogens with two attached hydrogens (primary N) is 1. The molecule has 0 aliphatic carbocycles. The summed E-state index contributed by atoms with van der Waals surface area (Å²) in [5.41, 5.74) is 6.48. The molecule has 8 nitrogen and oxygen atoms in total. The first-order valence-electron chi connectivity index (χ1n) is 10.5. The van der Waals surface area contributed by atoms with Crippen molar-refractivity contribution in [1.29, 1.82) is 0 Å². The predicted octanol–water partition coefficient (Wildman–Crippen LogP) is 3.60. The summed E-state index contributed by atoms with van der Waals surface area (Å²) in [6.07, 6.45) is 4.07. The van der Waals surface area contributed by atoms with E-state index in [2.05, 4.69) is 10.3 Å². The summed E-state index contributed by atoms with van der Waals surface area (Å²) in [4.78, 5) is 38.1. The van der Waals surface area contributed by atoms with E-state index in [0.29, 0.717) is 39.4 Å². The summed E-state index contributed by atoms with van der Waals surface area (Å²) in [5, 5.41) is 3.21. The number of carbonyl (C=O) groups excluding carboxylic acids is 3. The SMILES string of the molecule is CCCOc1cc(C=C2SC(Nc3ccc(C[C]=O)c(F)c3)=NC2=O)ccc1OCCC(N)=O. The Labute approximate surface area is 200 Å². The second-order valence-corrected chi connectivity index (χ2v) is 8.24. The van der Waals surface area contributed by atoms with Gasteiger partial charge in [-0.1, -0.05) is 19.1 Å². The Kier molecular flexibility index (Phi) is 8.80. The van der Waals surface area contributed by atoms with Crippen LogP contribution in [0.15, 0.2) is 46.3 Å². The van der Waals surface area contributed by atoms with E-state index in [1.807, 2.05) is 6.92 Å². The van der Waals surface area contributed by atoms with Crippen LogP contribution in [0.4, 0.5) is 10.1 Å². The summed E-state index contributed by atoms with van der Waals surface area (Å²) < 4.78 is 25.4. The quantitative estimate of drug-likeness (QED) is 0.468. The number of amides is 2. The molecule has 1 radical (unpaired) electrons. The van der Waals surface area contributed by atoms with E-state index in [4.69, 9.17) is 15.2 Å². The number of primary amides is 1. The molecule has 0 saturated carbocycles. The molecule has 0 spiro atoms. The number of halogens is 1. The number of amidine groups is 1. The van der Waals surface area contributed by atoms with Crippen LogP contribution in [0.25, 0.3) is 6.08 Å². The van der Waals surface area contributed by atoms with Crippen molar-refractivity contribution in [3.05, 3.63) is 58.2 Å². The number of hydrogen-bond acceptors (Lipinski definition) is 7. The number of aliphatic imine (C=N–C) groups is 1. The molecule has 0 atom stereocenters. The minimum absolute atomic E-state index is 0.0828. The zero-order valence-electron chi connectivity index (χ0n) is 18.4. The Balaban J connectivity index is 1.71. The van der Waals surface area contributed by atoms with Crippen LogP contribution in [0.3, 0.4) is 0 Å². The molecule has 3 N–H and O–H groups in total. The summed E-state index contributed by atoms with van der Waals surface area (Å²) in [5.74, 6) is -0.483. The van der Waals surface area contributed by atoms with Crippen molar-refractivity contribution in [3.8, 4) is 11.5 Å². The van der Waals surface area contributed by atoms with E-state index in [1.165, 1.54) is 12.1 Å². The van der Waals surface area contributed by atoms with Crippen molar-refractivity contribution in [3.63, 3.8) is 0 Å². The fraction of sp³-hybridized carbons (Fsp3) is 0.250. The molecule has 0 bridgehead atoms. The van der Waals surface area contributed by atoms with Gasteiger partial charge < -0.3 is 20.5 Å². The third-order valence-electron chi connectivity index (χ3n) is 4.52. The van der Waals surface area contributed by atoms with E-state index in [9.17, 15) is 18.8 Å². The van der Waals surface area contributed by atoms with Crippen molar-refractivity contribution < 1.29 is 28.2 Å². The van der Waals surface area contributed by atoms with Gasteiger partial charge in [0.2, 0.25) is 12.2 Å². The summed E-state index contributed by atoms with van der Waals surface area (Å²) in [6.45, 7) is 2.57. The number of hydrogen-bond donors (Lipinski definition) is 2. The van der Waals surface area contributed by atoms with E-state index >= 15 is 0 Å². The molecule has 0 unspecified atom stereocenters. The molecular formula is C24H23FN3O5S. The summed E-state index contributed by atoms with van der Waals surface area (Å²) in [6, 6.07) is 9.49. The molecule has 177 valence electrons. The molecule has 0 fully saturated rings. The molecule has 1 aliphatic rings. The third-order valence-corrected chi connectivity index (χ3v) is 5.42. The first kappa shape index (κ1) is 25.0. The van der Waals surface area contributed by atoms with Crippen LogP contribution in [0.5, 0.6) is 11.5 Å². The maximum absolute atomic E-state index is 14.0. The molecular weight excluding hydrogens is 461 g/mol. The molecule has 2 aromatic carbocycles. The standard InChI is InChI=1S/C24H23FN3O5S/c1-2-10-32-20-12-15(3-6-19(20)33-11-8-22(26)30)13-21-23(31)28-24(34-21)27-17-5-4-16(7-9-29)18(25)14-17/h3-6,12-14H,2,7-8,10-11H2,1H3,(H2,26,30)(H,27,28,31). The number of nitrogens with zero attached hydrogens (tertiary/aromatic N) is 1. The average molecular weight is 485 g/mol. The van der Waals surface area contributed by atoms with Gasteiger partial charge in [0.15, 0.2) is 16.7 Å². The van der Waals surface area contributed by atoms with E-state index in [-0.39, 0.29) is 25.0 Å². The Morgan fingerprint density at radius 3 is 2.71 bits per heavy atom. The van der Waals surface area contributed by atoms with Gasteiger partial charge in [-0.2, -0.15) is 4.99 Å². The molecule has 0 saturated heterocycles. The lowest BCUT2D eigenvalue weighted by molar-refractivity contribution is -0.118. The fourth-order valence-electron chi connectivity index (χ4n) is 2.90. The lowest BCUT2D eigenvalue weighted by Crippen LogP contribution is -2.14. The Bertz CT molecular complexity index is 1150. The van der Waals surface area contributed by atoms with Crippen LogP contribution in [-0.4, -0.2) is 36.5 Å². The van der Waals surface area contributed by atoms with E-state index in [0.717, 1.165) is 18.2 Å². The van der Waals surface area contributed by atoms with Crippen LogP contribution >= 0.6 is 11.8 Å². The van der Waals surface area contributed by atoms with Crippen LogP contribution in [0.2, 0.25) is 0 Å². The smallest absolute Gasteiger partial charge is 0.286 e. The summed E-state index contributed by atoms with van der Waals surface area (Å²) in [7, 11) is 0. The van der Waals surface area contributed by atoms with Crippen LogP contribution in [0, 0.1) is 5.82 Å². The minimum Gasteiger partial charge on any atom is -0.490 e. The lowest BCUT2D eigenvalue weighted by atomic mass is 10.1. The van der Waals surface area contributed by atoms with Gasteiger partial charge in [0.25, 0.3) is 5.91 Å². The normalized spacial score (nSPS) is 14.1. The number of nitrogens with one attached hydrogen (secondary N) is 1. The zero-order valence-corrected chi connectivity index (χ0v) is 19.2. The Hall–Kier alpha value is -3.66.